The van der Waals surface area contributed by atoms with E-state index in [1.807, 2.05) is 6.92 Å². The van der Waals surface area contributed by atoms with E-state index in [1.54, 1.807) is 27.8 Å². The molecule has 0 aromatic carbocycles. The highest BCUT2D eigenvalue weighted by molar-refractivity contribution is 6.31. The summed E-state index contributed by atoms with van der Waals surface area (Å²) in [7, 11) is 1.70. The molecule has 0 amide bonds. The summed E-state index contributed by atoms with van der Waals surface area (Å²) in [4.78, 5) is 20.0. The monoisotopic (exact) mass is 382 g/mol. The zero-order valence-corrected chi connectivity index (χ0v) is 16.7. The Bertz CT molecular complexity index is 653. The van der Waals surface area contributed by atoms with E-state index in [9.17, 15) is 4.79 Å². The summed E-state index contributed by atoms with van der Waals surface area (Å²) < 4.78 is 10.3. The number of nitrogens with one attached hydrogen (secondary N) is 2. The third kappa shape index (κ3) is 7.36. The lowest BCUT2D eigenvalue weighted by Crippen LogP contribution is -2.26. The van der Waals surface area contributed by atoms with Crippen LogP contribution in [0.1, 0.15) is 46.1 Å². The summed E-state index contributed by atoms with van der Waals surface area (Å²) >= 11 is 6.07. The van der Waals surface area contributed by atoms with Gasteiger partial charge in [0.05, 0.1) is 6.61 Å². The van der Waals surface area contributed by atoms with Crippen LogP contribution in [0.5, 0.6) is 0 Å². The van der Waals surface area contributed by atoms with Crippen molar-refractivity contribution >= 4 is 29.5 Å². The smallest absolute Gasteiger partial charge is 0.434 e. The third-order valence-corrected chi connectivity index (χ3v) is 3.76. The van der Waals surface area contributed by atoms with Gasteiger partial charge in [0.2, 0.25) is 5.95 Å². The fraction of sp³-hybridized carbons (Fsp3) is 0.611. The summed E-state index contributed by atoms with van der Waals surface area (Å²) in [6, 6.07) is 0. The van der Waals surface area contributed by atoms with Crippen LogP contribution in [0.4, 0.5) is 16.6 Å². The number of anilines is 2. The Kier molecular flexibility index (Phi) is 8.46. The predicted molar refractivity (Wildman–Crippen MR) is 104 cm³/mol. The van der Waals surface area contributed by atoms with Crippen molar-refractivity contribution in [2.45, 2.75) is 46.1 Å². The quantitative estimate of drug-likeness (QED) is 0.400. The van der Waals surface area contributed by atoms with Gasteiger partial charge < -0.3 is 20.1 Å². The largest absolute Gasteiger partial charge is 0.508 e. The number of aromatic nitrogens is 2. The standard InChI is InChI=1S/C18H27ClN4O3/c1-7-12(11-25-17(24)26-18(3,4)5)9-10-21-15-13(8-2)14(19)22-16(20-6)23-15/h2,12H,7,9-11H2,1,3-6H3,(H2,20,21,22,23). The maximum absolute atomic E-state index is 11.6. The number of halogens is 1. The first kappa shape index (κ1) is 21.8. The van der Waals surface area contributed by atoms with Crippen LogP contribution >= 0.6 is 11.6 Å². The molecule has 2 N–H and O–H groups in total. The van der Waals surface area contributed by atoms with Crippen molar-refractivity contribution in [3.8, 4) is 12.3 Å². The minimum absolute atomic E-state index is 0.186. The van der Waals surface area contributed by atoms with Crippen LogP contribution in [0.2, 0.25) is 5.15 Å². The molecule has 1 heterocycles. The van der Waals surface area contributed by atoms with Gasteiger partial charge in [-0.2, -0.15) is 9.97 Å². The summed E-state index contributed by atoms with van der Waals surface area (Å²) in [5.41, 5.74) is -0.146. The minimum atomic E-state index is -0.653. The summed E-state index contributed by atoms with van der Waals surface area (Å²) in [6.45, 7) is 8.32. The molecule has 0 radical (unpaired) electrons. The molecule has 0 saturated heterocycles. The molecule has 1 aromatic heterocycles. The molecule has 0 saturated carbocycles. The number of ether oxygens (including phenoxy) is 2. The molecule has 0 spiro atoms. The summed E-state index contributed by atoms with van der Waals surface area (Å²) in [5.74, 6) is 3.57. The van der Waals surface area contributed by atoms with E-state index in [0.717, 1.165) is 12.8 Å². The van der Waals surface area contributed by atoms with Crippen LogP contribution in [-0.4, -0.2) is 41.9 Å². The second-order valence-electron chi connectivity index (χ2n) is 6.72. The van der Waals surface area contributed by atoms with E-state index in [1.165, 1.54) is 0 Å². The van der Waals surface area contributed by atoms with E-state index in [4.69, 9.17) is 27.5 Å². The van der Waals surface area contributed by atoms with Gasteiger partial charge in [0.25, 0.3) is 0 Å². The van der Waals surface area contributed by atoms with Crippen molar-refractivity contribution in [3.63, 3.8) is 0 Å². The number of carbonyl (C=O) groups is 1. The van der Waals surface area contributed by atoms with Gasteiger partial charge in [0.1, 0.15) is 17.0 Å². The van der Waals surface area contributed by atoms with E-state index in [-0.39, 0.29) is 11.1 Å². The van der Waals surface area contributed by atoms with Gasteiger partial charge in [-0.1, -0.05) is 24.4 Å². The molecular formula is C18H27ClN4O3. The van der Waals surface area contributed by atoms with E-state index >= 15 is 0 Å². The lowest BCUT2D eigenvalue weighted by atomic mass is 10.0. The molecule has 8 heteroatoms. The van der Waals surface area contributed by atoms with Crippen molar-refractivity contribution < 1.29 is 14.3 Å². The van der Waals surface area contributed by atoms with Gasteiger partial charge in [-0.05, 0) is 39.5 Å². The molecule has 0 aliphatic carbocycles. The highest BCUT2D eigenvalue weighted by Gasteiger charge is 2.19. The third-order valence-electron chi connectivity index (χ3n) is 3.48. The maximum atomic E-state index is 11.6. The SMILES string of the molecule is C#Cc1c(Cl)nc(NC)nc1NCCC(CC)COC(=O)OC(C)(C)C. The van der Waals surface area contributed by atoms with E-state index in [0.29, 0.717) is 30.5 Å². The van der Waals surface area contributed by atoms with Gasteiger partial charge in [-0.15, -0.1) is 6.42 Å². The molecule has 0 aliphatic heterocycles. The molecule has 1 rings (SSSR count). The minimum Gasteiger partial charge on any atom is -0.434 e. The van der Waals surface area contributed by atoms with Crippen LogP contribution in [0, 0.1) is 18.3 Å². The van der Waals surface area contributed by atoms with Crippen molar-refractivity contribution in [2.24, 2.45) is 5.92 Å². The molecule has 26 heavy (non-hydrogen) atoms. The summed E-state index contributed by atoms with van der Waals surface area (Å²) in [6.07, 6.45) is 6.46. The second kappa shape index (κ2) is 10.1. The number of rotatable bonds is 8. The number of terminal acetylenes is 1. The first-order chi connectivity index (χ1) is 12.2. The van der Waals surface area contributed by atoms with Crippen LogP contribution in [0.25, 0.3) is 0 Å². The fourth-order valence-electron chi connectivity index (χ4n) is 2.07. The van der Waals surface area contributed by atoms with Gasteiger partial charge in [0.15, 0.2) is 5.15 Å². The van der Waals surface area contributed by atoms with Gasteiger partial charge in [0, 0.05) is 13.6 Å². The topological polar surface area (TPSA) is 85.4 Å². The van der Waals surface area contributed by atoms with Crippen molar-refractivity contribution in [3.05, 3.63) is 10.7 Å². The zero-order chi connectivity index (χ0) is 19.7. The molecular weight excluding hydrogens is 356 g/mol. The maximum Gasteiger partial charge on any atom is 0.508 e. The average molecular weight is 383 g/mol. The van der Waals surface area contributed by atoms with Gasteiger partial charge in [-0.25, -0.2) is 4.79 Å². The zero-order valence-electron chi connectivity index (χ0n) is 16.0. The second-order valence-corrected chi connectivity index (χ2v) is 7.08. The van der Waals surface area contributed by atoms with Gasteiger partial charge in [-0.3, -0.25) is 0 Å². The molecule has 0 fully saturated rings. The highest BCUT2D eigenvalue weighted by atomic mass is 35.5. The number of carbonyl (C=O) groups excluding carboxylic acids is 1. The Labute approximate surface area is 160 Å². The highest BCUT2D eigenvalue weighted by Crippen LogP contribution is 2.22. The lowest BCUT2D eigenvalue weighted by molar-refractivity contribution is -0.0136. The first-order valence-corrected chi connectivity index (χ1v) is 8.89. The van der Waals surface area contributed by atoms with Gasteiger partial charge >= 0.3 is 6.16 Å². The number of hydrogen-bond donors (Lipinski definition) is 2. The van der Waals surface area contributed by atoms with Crippen LogP contribution in [0.15, 0.2) is 0 Å². The van der Waals surface area contributed by atoms with E-state index in [2.05, 4.69) is 26.5 Å². The molecule has 0 bridgehead atoms. The molecule has 7 nitrogen and oxygen atoms in total. The molecule has 1 unspecified atom stereocenters. The molecule has 1 atom stereocenters. The number of hydrogen-bond acceptors (Lipinski definition) is 7. The summed E-state index contributed by atoms with van der Waals surface area (Å²) in [5, 5.41) is 6.23. The van der Waals surface area contributed by atoms with Crippen molar-refractivity contribution in [1.29, 1.82) is 0 Å². The van der Waals surface area contributed by atoms with Crippen molar-refractivity contribution in [2.75, 3.05) is 30.8 Å². The van der Waals surface area contributed by atoms with Crippen molar-refractivity contribution in [1.82, 2.24) is 9.97 Å². The fourth-order valence-corrected chi connectivity index (χ4v) is 2.29. The Hall–Kier alpha value is -2.20. The lowest BCUT2D eigenvalue weighted by Gasteiger charge is -2.21. The molecule has 1 aromatic rings. The van der Waals surface area contributed by atoms with Crippen LogP contribution < -0.4 is 10.6 Å². The number of nitrogens with zero attached hydrogens (tertiary/aromatic N) is 2. The Balaban J connectivity index is 2.56. The molecule has 144 valence electrons. The van der Waals surface area contributed by atoms with Crippen LogP contribution in [0.3, 0.4) is 0 Å². The Morgan fingerprint density at radius 1 is 1.38 bits per heavy atom. The predicted octanol–water partition coefficient (Wildman–Crippen LogP) is 3.93. The van der Waals surface area contributed by atoms with E-state index < -0.39 is 11.8 Å². The normalized spacial score (nSPS) is 12.0. The average Bonchev–Trinajstić information content (AvgIpc) is 2.55. The molecule has 0 aliphatic rings. The first-order valence-electron chi connectivity index (χ1n) is 8.51. The Morgan fingerprint density at radius 2 is 2.08 bits per heavy atom. The van der Waals surface area contributed by atoms with Crippen LogP contribution in [-0.2, 0) is 9.47 Å². The Morgan fingerprint density at radius 3 is 2.62 bits per heavy atom.